The molecule has 108 valence electrons. The molecule has 1 aromatic rings. The molecule has 0 radical (unpaired) electrons. The van der Waals surface area contributed by atoms with Gasteiger partial charge in [-0.05, 0) is 31.2 Å². The molecule has 3 heteroatoms. The van der Waals surface area contributed by atoms with E-state index < -0.39 is 0 Å². The highest BCUT2D eigenvalue weighted by Gasteiger charge is 2.23. The summed E-state index contributed by atoms with van der Waals surface area (Å²) in [6.45, 7) is 7.64. The van der Waals surface area contributed by atoms with Crippen molar-refractivity contribution >= 4 is 5.91 Å². The molecule has 1 fully saturated rings. The number of nitrogens with zero attached hydrogens (tertiary/aromatic N) is 2. The van der Waals surface area contributed by atoms with Crippen molar-refractivity contribution in [3.63, 3.8) is 0 Å². The molecule has 3 nitrogen and oxygen atoms in total. The van der Waals surface area contributed by atoms with Gasteiger partial charge in [0.1, 0.15) is 6.42 Å². The summed E-state index contributed by atoms with van der Waals surface area (Å²) in [6, 6.07) is 10.6. The third kappa shape index (κ3) is 4.38. The van der Waals surface area contributed by atoms with Crippen molar-refractivity contribution in [1.82, 2.24) is 4.90 Å². The van der Waals surface area contributed by atoms with Gasteiger partial charge < -0.3 is 4.90 Å². The van der Waals surface area contributed by atoms with Crippen molar-refractivity contribution in [2.75, 3.05) is 13.1 Å². The Morgan fingerprint density at radius 3 is 2.30 bits per heavy atom. The summed E-state index contributed by atoms with van der Waals surface area (Å²) < 4.78 is 0. The maximum Gasteiger partial charge on any atom is 0.236 e. The third-order valence-electron chi connectivity index (χ3n) is 3.63. The molecule has 1 aliphatic rings. The Labute approximate surface area is 122 Å². The average molecular weight is 272 g/mol. The number of piperidine rings is 1. The highest BCUT2D eigenvalue weighted by Crippen LogP contribution is 2.28. The normalized spacial score (nSPS) is 15.0. The summed E-state index contributed by atoms with van der Waals surface area (Å²) in [5.41, 5.74) is 2.65. The molecule has 0 spiro atoms. The molecule has 0 N–H and O–H groups in total. The zero-order valence-corrected chi connectivity index (χ0v) is 12.7. The highest BCUT2D eigenvalue weighted by atomic mass is 16.2. The Balaban J connectivity index is 0.000000956. The quantitative estimate of drug-likeness (QED) is 0.825. The molecular formula is C17H24N2O. The monoisotopic (exact) mass is 272 g/mol. The highest BCUT2D eigenvalue weighted by molar-refractivity contribution is 5.78. The van der Waals surface area contributed by atoms with E-state index in [1.54, 1.807) is 0 Å². The van der Waals surface area contributed by atoms with Crippen LogP contribution in [-0.2, 0) is 4.79 Å². The summed E-state index contributed by atoms with van der Waals surface area (Å²) >= 11 is 0. The summed E-state index contributed by atoms with van der Waals surface area (Å²) in [6.07, 6.45) is 2.01. The fraction of sp³-hybridized carbons (Fsp3) is 0.529. The maximum atomic E-state index is 11.6. The van der Waals surface area contributed by atoms with Gasteiger partial charge in [-0.25, -0.2) is 0 Å². The van der Waals surface area contributed by atoms with E-state index in [0.717, 1.165) is 25.9 Å². The first-order chi connectivity index (χ1) is 9.70. The second-order valence-corrected chi connectivity index (χ2v) is 4.90. The van der Waals surface area contributed by atoms with Gasteiger partial charge in [-0.15, -0.1) is 0 Å². The second-order valence-electron chi connectivity index (χ2n) is 4.90. The van der Waals surface area contributed by atoms with Crippen LogP contribution in [0.2, 0.25) is 0 Å². The molecule has 0 saturated carbocycles. The molecule has 1 heterocycles. The van der Waals surface area contributed by atoms with E-state index in [4.69, 9.17) is 5.26 Å². The summed E-state index contributed by atoms with van der Waals surface area (Å²) in [5, 5.41) is 8.53. The minimum atomic E-state index is -0.0279. The van der Waals surface area contributed by atoms with Crippen LogP contribution in [0.25, 0.3) is 0 Å². The molecular weight excluding hydrogens is 248 g/mol. The Hall–Kier alpha value is -1.82. The molecule has 1 aliphatic heterocycles. The predicted molar refractivity (Wildman–Crippen MR) is 81.3 cm³/mol. The van der Waals surface area contributed by atoms with E-state index in [9.17, 15) is 4.79 Å². The molecule has 0 aliphatic carbocycles. The van der Waals surface area contributed by atoms with Gasteiger partial charge in [-0.1, -0.05) is 43.7 Å². The van der Waals surface area contributed by atoms with Crippen LogP contribution in [0.4, 0.5) is 0 Å². The molecule has 2 rings (SSSR count). The van der Waals surface area contributed by atoms with Crippen LogP contribution in [-0.4, -0.2) is 23.9 Å². The smallest absolute Gasteiger partial charge is 0.236 e. The number of benzene rings is 1. The lowest BCUT2D eigenvalue weighted by atomic mass is 9.89. The van der Waals surface area contributed by atoms with Crippen LogP contribution < -0.4 is 0 Å². The molecule has 0 aromatic heterocycles. The van der Waals surface area contributed by atoms with Crippen molar-refractivity contribution in [3.8, 4) is 6.07 Å². The predicted octanol–water partition coefficient (Wildman–Crippen LogP) is 3.64. The van der Waals surface area contributed by atoms with Gasteiger partial charge in [0.05, 0.1) is 6.07 Å². The van der Waals surface area contributed by atoms with E-state index in [-0.39, 0.29) is 12.3 Å². The minimum Gasteiger partial charge on any atom is -0.342 e. The van der Waals surface area contributed by atoms with Crippen LogP contribution in [0.1, 0.15) is 50.2 Å². The number of nitriles is 1. The van der Waals surface area contributed by atoms with E-state index >= 15 is 0 Å². The first-order valence-electron chi connectivity index (χ1n) is 7.42. The summed E-state index contributed by atoms with van der Waals surface area (Å²) in [5.74, 6) is 0.525. The number of rotatable bonds is 2. The first-order valence-corrected chi connectivity index (χ1v) is 7.42. The van der Waals surface area contributed by atoms with Gasteiger partial charge in [-0.2, -0.15) is 5.26 Å². The lowest BCUT2D eigenvalue weighted by molar-refractivity contribution is -0.131. The van der Waals surface area contributed by atoms with E-state index in [0.29, 0.717) is 5.92 Å². The van der Waals surface area contributed by atoms with Crippen LogP contribution in [0.5, 0.6) is 0 Å². The Morgan fingerprint density at radius 1 is 1.25 bits per heavy atom. The van der Waals surface area contributed by atoms with Crippen molar-refractivity contribution in [2.45, 2.75) is 46.0 Å². The average Bonchev–Trinajstić information content (AvgIpc) is 2.50. The van der Waals surface area contributed by atoms with Gasteiger partial charge in [0, 0.05) is 13.1 Å². The van der Waals surface area contributed by atoms with Gasteiger partial charge in [0.25, 0.3) is 0 Å². The third-order valence-corrected chi connectivity index (χ3v) is 3.63. The van der Waals surface area contributed by atoms with E-state index in [2.05, 4.69) is 31.2 Å². The number of hydrogen-bond donors (Lipinski definition) is 0. The Morgan fingerprint density at radius 2 is 1.80 bits per heavy atom. The Kier molecular flexibility index (Phi) is 6.79. The van der Waals surface area contributed by atoms with E-state index in [1.807, 2.05) is 24.8 Å². The number of aryl methyl sites for hydroxylation is 1. The summed E-state index contributed by atoms with van der Waals surface area (Å²) in [4.78, 5) is 13.4. The van der Waals surface area contributed by atoms with Crippen molar-refractivity contribution in [3.05, 3.63) is 35.4 Å². The number of likely N-dealkylation sites (tertiary alicyclic amines) is 1. The lowest BCUT2D eigenvalue weighted by Gasteiger charge is -2.31. The zero-order valence-electron chi connectivity index (χ0n) is 12.7. The second kappa shape index (κ2) is 8.37. The fourth-order valence-corrected chi connectivity index (χ4v) is 2.48. The molecule has 0 unspecified atom stereocenters. The van der Waals surface area contributed by atoms with Crippen molar-refractivity contribution < 1.29 is 4.79 Å². The molecule has 1 aromatic carbocycles. The van der Waals surface area contributed by atoms with E-state index in [1.165, 1.54) is 11.1 Å². The molecule has 1 amide bonds. The van der Waals surface area contributed by atoms with Gasteiger partial charge in [0.15, 0.2) is 0 Å². The Bertz CT molecular complexity index is 451. The first kappa shape index (κ1) is 16.2. The molecule has 0 bridgehead atoms. The van der Waals surface area contributed by atoms with Crippen LogP contribution in [0.3, 0.4) is 0 Å². The lowest BCUT2D eigenvalue weighted by Crippen LogP contribution is -2.37. The van der Waals surface area contributed by atoms with Crippen LogP contribution >= 0.6 is 0 Å². The van der Waals surface area contributed by atoms with Crippen LogP contribution in [0.15, 0.2) is 24.3 Å². The van der Waals surface area contributed by atoms with Gasteiger partial charge in [0.2, 0.25) is 5.91 Å². The number of amides is 1. The van der Waals surface area contributed by atoms with Crippen LogP contribution in [0, 0.1) is 18.3 Å². The molecule has 20 heavy (non-hydrogen) atoms. The minimum absolute atomic E-state index is 0.00913. The largest absolute Gasteiger partial charge is 0.342 e. The topological polar surface area (TPSA) is 44.1 Å². The number of carbonyl (C=O) groups excluding carboxylic acids is 1. The maximum absolute atomic E-state index is 11.6. The van der Waals surface area contributed by atoms with Crippen molar-refractivity contribution in [2.24, 2.45) is 0 Å². The van der Waals surface area contributed by atoms with Crippen molar-refractivity contribution in [1.29, 1.82) is 5.26 Å². The zero-order chi connectivity index (χ0) is 15.0. The number of hydrogen-bond acceptors (Lipinski definition) is 2. The summed E-state index contributed by atoms with van der Waals surface area (Å²) in [7, 11) is 0. The van der Waals surface area contributed by atoms with Gasteiger partial charge in [-0.3, -0.25) is 4.79 Å². The fourth-order valence-electron chi connectivity index (χ4n) is 2.48. The number of carbonyl (C=O) groups is 1. The standard InChI is InChI=1S/C15H18N2O.C2H6/c1-12-2-4-13(5-3-12)14-7-10-17(11-8-14)15(18)6-9-16;1-2/h2-5,14H,6-8,10-11H2,1H3;1-2H3. The molecule has 1 saturated heterocycles. The SMILES string of the molecule is CC.Cc1ccc(C2CCN(C(=O)CC#N)CC2)cc1. The van der Waals surface area contributed by atoms with Gasteiger partial charge >= 0.3 is 0 Å². The molecule has 0 atom stereocenters.